The third-order valence-corrected chi connectivity index (χ3v) is 6.76. The lowest BCUT2D eigenvalue weighted by atomic mass is 10.1. The van der Waals surface area contributed by atoms with Gasteiger partial charge in [0.25, 0.3) is 0 Å². The molecule has 0 aromatic rings. The third kappa shape index (κ3) is 2.62. The first-order valence-corrected chi connectivity index (χ1v) is 9.11. The van der Waals surface area contributed by atoms with Crippen molar-refractivity contribution in [1.29, 1.82) is 0 Å². The molecule has 1 saturated carbocycles. The van der Waals surface area contributed by atoms with Crippen molar-refractivity contribution in [3.05, 3.63) is 0 Å². The monoisotopic (exact) mass is 274 g/mol. The third-order valence-electron chi connectivity index (χ3n) is 3.90. The Bertz CT molecular complexity index is 433. The van der Waals surface area contributed by atoms with Crippen LogP contribution >= 0.6 is 11.8 Å². The molecule has 17 heavy (non-hydrogen) atoms. The Morgan fingerprint density at radius 1 is 1.29 bits per heavy atom. The second kappa shape index (κ2) is 4.46. The van der Waals surface area contributed by atoms with Gasteiger partial charge in [-0.05, 0) is 25.2 Å². The van der Waals surface area contributed by atoms with Crippen molar-refractivity contribution >= 4 is 26.8 Å². The number of thioether (sulfide) groups is 1. The van der Waals surface area contributed by atoms with Crippen LogP contribution in [0.3, 0.4) is 0 Å². The number of nitrogens with one attached hydrogen (secondary N) is 1. The van der Waals surface area contributed by atoms with Crippen LogP contribution in [0, 0.1) is 5.92 Å². The Kier molecular flexibility index (Phi) is 3.11. The molecular weight excluding hydrogens is 256 g/mol. The molecule has 0 spiro atoms. The summed E-state index contributed by atoms with van der Waals surface area (Å²) in [4.78, 5) is 4.73. The molecular formula is C11H18N2O2S2. The summed E-state index contributed by atoms with van der Waals surface area (Å²) in [5.41, 5.74) is 0. The van der Waals surface area contributed by atoms with E-state index < -0.39 is 9.84 Å². The molecule has 2 fully saturated rings. The van der Waals surface area contributed by atoms with Crippen LogP contribution in [0.15, 0.2) is 4.99 Å². The average Bonchev–Trinajstić information content (AvgIpc) is 2.84. The van der Waals surface area contributed by atoms with Gasteiger partial charge in [0, 0.05) is 11.8 Å². The van der Waals surface area contributed by atoms with Gasteiger partial charge in [-0.3, -0.25) is 4.99 Å². The van der Waals surface area contributed by atoms with E-state index in [2.05, 4.69) is 5.32 Å². The first-order chi connectivity index (χ1) is 8.12. The molecule has 3 aliphatic rings. The number of sulfone groups is 1. The topological polar surface area (TPSA) is 58.5 Å². The maximum Gasteiger partial charge on any atom is 0.157 e. The number of hydrogen-bond acceptors (Lipinski definition) is 5. The van der Waals surface area contributed by atoms with Gasteiger partial charge in [-0.2, -0.15) is 0 Å². The van der Waals surface area contributed by atoms with E-state index in [0.29, 0.717) is 11.8 Å². The van der Waals surface area contributed by atoms with Crippen molar-refractivity contribution in [1.82, 2.24) is 5.32 Å². The van der Waals surface area contributed by atoms with Crippen molar-refractivity contribution in [2.24, 2.45) is 10.9 Å². The largest absolute Gasteiger partial charge is 0.361 e. The Hall–Kier alpha value is -0.230. The Morgan fingerprint density at radius 3 is 2.94 bits per heavy atom. The fraction of sp³-hybridized carbons (Fsp3) is 0.909. The Labute approximate surface area is 107 Å². The molecule has 0 amide bonds. The normalized spacial score (nSPS) is 39.8. The number of fused-ring (bicyclic) bond motifs is 1. The number of nitrogens with zero attached hydrogens (tertiary/aromatic N) is 1. The zero-order chi connectivity index (χ0) is 11.9. The molecule has 96 valence electrons. The molecule has 4 nitrogen and oxygen atoms in total. The molecule has 1 N–H and O–H groups in total. The summed E-state index contributed by atoms with van der Waals surface area (Å²) in [5, 5.41) is 4.30. The number of hydrogen-bond donors (Lipinski definition) is 1. The summed E-state index contributed by atoms with van der Waals surface area (Å²) in [6.45, 7) is 0. The first kappa shape index (κ1) is 11.8. The van der Waals surface area contributed by atoms with Gasteiger partial charge in [0.15, 0.2) is 15.0 Å². The van der Waals surface area contributed by atoms with Crippen molar-refractivity contribution < 1.29 is 8.42 Å². The minimum atomic E-state index is -2.79. The molecule has 6 heteroatoms. The predicted molar refractivity (Wildman–Crippen MR) is 71.2 cm³/mol. The van der Waals surface area contributed by atoms with Crippen LogP contribution in [-0.4, -0.2) is 42.9 Å². The molecule has 0 bridgehead atoms. The van der Waals surface area contributed by atoms with Crippen LogP contribution in [-0.2, 0) is 9.84 Å². The van der Waals surface area contributed by atoms with E-state index in [1.54, 1.807) is 11.8 Å². The van der Waals surface area contributed by atoms with E-state index in [0.717, 1.165) is 23.3 Å². The summed E-state index contributed by atoms with van der Waals surface area (Å²) in [5.74, 6) is 2.52. The number of aliphatic imine (C=N–C) groups is 1. The van der Waals surface area contributed by atoms with Crippen LogP contribution in [0.25, 0.3) is 0 Å². The smallest absolute Gasteiger partial charge is 0.157 e. The van der Waals surface area contributed by atoms with E-state index in [-0.39, 0.29) is 11.8 Å². The molecule has 1 aliphatic carbocycles. The molecule has 0 aromatic heterocycles. The maximum absolute atomic E-state index is 11.4. The lowest BCUT2D eigenvalue weighted by molar-refractivity contribution is 0.530. The van der Waals surface area contributed by atoms with Gasteiger partial charge in [-0.15, -0.1) is 0 Å². The lowest BCUT2D eigenvalue weighted by Crippen LogP contribution is -2.37. The van der Waals surface area contributed by atoms with Gasteiger partial charge in [-0.1, -0.05) is 18.2 Å². The van der Waals surface area contributed by atoms with Crippen LogP contribution in [0.1, 0.15) is 25.7 Å². The van der Waals surface area contributed by atoms with E-state index in [4.69, 9.17) is 4.99 Å². The van der Waals surface area contributed by atoms with E-state index >= 15 is 0 Å². The SMILES string of the molecule is O=S1(=O)CCC(NC2=NC3CCCC3CS2)C1. The number of amidine groups is 1. The van der Waals surface area contributed by atoms with Crippen molar-refractivity contribution in [3.8, 4) is 0 Å². The van der Waals surface area contributed by atoms with E-state index in [1.807, 2.05) is 0 Å². The molecule has 0 aromatic carbocycles. The van der Waals surface area contributed by atoms with Gasteiger partial charge in [0.2, 0.25) is 0 Å². The second-order valence-electron chi connectivity index (χ2n) is 5.25. The fourth-order valence-electron chi connectivity index (χ4n) is 2.92. The molecule has 0 radical (unpaired) electrons. The quantitative estimate of drug-likeness (QED) is 0.776. The van der Waals surface area contributed by atoms with E-state index in [1.165, 1.54) is 19.3 Å². The van der Waals surface area contributed by atoms with Crippen LogP contribution in [0.2, 0.25) is 0 Å². The van der Waals surface area contributed by atoms with E-state index in [9.17, 15) is 8.42 Å². The zero-order valence-electron chi connectivity index (χ0n) is 9.76. The average molecular weight is 274 g/mol. The van der Waals surface area contributed by atoms with Crippen LogP contribution in [0.5, 0.6) is 0 Å². The molecule has 3 rings (SSSR count). The van der Waals surface area contributed by atoms with Crippen molar-refractivity contribution in [3.63, 3.8) is 0 Å². The summed E-state index contributed by atoms with van der Waals surface area (Å²) in [7, 11) is -2.79. The second-order valence-corrected chi connectivity index (χ2v) is 8.49. The summed E-state index contributed by atoms with van der Waals surface area (Å²) in [6.07, 6.45) is 4.55. The molecule has 2 aliphatic heterocycles. The zero-order valence-corrected chi connectivity index (χ0v) is 11.4. The van der Waals surface area contributed by atoms with Gasteiger partial charge in [0.05, 0.1) is 17.5 Å². The minimum Gasteiger partial charge on any atom is -0.361 e. The van der Waals surface area contributed by atoms with Gasteiger partial charge in [-0.25, -0.2) is 8.42 Å². The molecule has 1 saturated heterocycles. The fourth-order valence-corrected chi connectivity index (χ4v) is 5.81. The molecule has 2 heterocycles. The maximum atomic E-state index is 11.4. The van der Waals surface area contributed by atoms with Crippen molar-refractivity contribution in [2.75, 3.05) is 17.3 Å². The van der Waals surface area contributed by atoms with Crippen molar-refractivity contribution in [2.45, 2.75) is 37.8 Å². The highest BCUT2D eigenvalue weighted by Crippen LogP contribution is 2.35. The molecule has 3 atom stereocenters. The Balaban J connectivity index is 1.62. The number of rotatable bonds is 1. The van der Waals surface area contributed by atoms with Gasteiger partial charge < -0.3 is 5.32 Å². The summed E-state index contributed by atoms with van der Waals surface area (Å²) < 4.78 is 22.8. The van der Waals surface area contributed by atoms with Crippen LogP contribution < -0.4 is 5.32 Å². The van der Waals surface area contributed by atoms with Gasteiger partial charge in [0.1, 0.15) is 0 Å². The summed E-state index contributed by atoms with van der Waals surface area (Å²) in [6, 6.07) is 0.584. The predicted octanol–water partition coefficient (Wildman–Crippen LogP) is 1.03. The minimum absolute atomic E-state index is 0.0872. The highest BCUT2D eigenvalue weighted by molar-refractivity contribution is 8.13. The van der Waals surface area contributed by atoms with Crippen LogP contribution in [0.4, 0.5) is 0 Å². The first-order valence-electron chi connectivity index (χ1n) is 6.30. The molecule has 3 unspecified atom stereocenters. The lowest BCUT2D eigenvalue weighted by Gasteiger charge is -2.25. The Morgan fingerprint density at radius 2 is 2.18 bits per heavy atom. The summed E-state index contributed by atoms with van der Waals surface area (Å²) >= 11 is 1.77. The van der Waals surface area contributed by atoms with Gasteiger partial charge >= 0.3 is 0 Å². The standard InChI is InChI=1S/C11H18N2O2S2/c14-17(15)5-4-9(7-17)12-11-13-10-3-1-2-8(10)6-16-11/h8-10H,1-7H2,(H,12,13). The highest BCUT2D eigenvalue weighted by atomic mass is 32.2. The highest BCUT2D eigenvalue weighted by Gasteiger charge is 2.33.